The smallest absolute Gasteiger partial charge is 0.327 e. The number of carboxylic acids is 1. The maximum Gasteiger partial charge on any atom is 0.327 e. The fraction of sp³-hybridized carbons (Fsp3) is 0.400. The second-order valence-electron chi connectivity index (χ2n) is 4.35. The first-order chi connectivity index (χ1) is 9.21. The van der Waals surface area contributed by atoms with Crippen LogP contribution in [0.25, 0.3) is 0 Å². The van der Waals surface area contributed by atoms with Gasteiger partial charge in [0.15, 0.2) is 0 Å². The molecule has 1 saturated heterocycles. The van der Waals surface area contributed by atoms with Gasteiger partial charge in [-0.25, -0.2) is 18.4 Å². The van der Waals surface area contributed by atoms with Crippen molar-refractivity contribution in [3.63, 3.8) is 0 Å². The largest absolute Gasteiger partial charge is 0.480 e. The lowest BCUT2D eigenvalue weighted by Crippen LogP contribution is -2.42. The average Bonchev–Trinajstić information content (AvgIpc) is 2.92. The number of carbonyl (C=O) groups excluding carboxylic acids is 1. The minimum Gasteiger partial charge on any atom is -0.480 e. The Balaban J connectivity index is 2.35. The lowest BCUT2D eigenvalue weighted by molar-refractivity contribution is -0.140. The van der Waals surface area contributed by atoms with E-state index in [0.717, 1.165) is 6.07 Å². The summed E-state index contributed by atoms with van der Waals surface area (Å²) in [6.45, 7) is 0. The zero-order chi connectivity index (χ0) is 15.1. The molecule has 8 nitrogen and oxygen atoms in total. The van der Waals surface area contributed by atoms with E-state index < -0.39 is 27.9 Å². The second kappa shape index (κ2) is 5.11. The van der Waals surface area contributed by atoms with Crippen LogP contribution in [0.1, 0.15) is 10.5 Å². The number of nitrogens with two attached hydrogens (primary N) is 1. The summed E-state index contributed by atoms with van der Waals surface area (Å²) in [5, 5.41) is 14.1. The van der Waals surface area contributed by atoms with Crippen molar-refractivity contribution in [2.45, 2.75) is 10.9 Å². The minimum absolute atomic E-state index is 0.0859. The zero-order valence-corrected chi connectivity index (χ0v) is 12.1. The molecule has 1 atom stereocenters. The van der Waals surface area contributed by atoms with Gasteiger partial charge in [0.2, 0.25) is 10.0 Å². The van der Waals surface area contributed by atoms with Crippen molar-refractivity contribution in [1.82, 2.24) is 9.47 Å². The molecule has 1 aromatic heterocycles. The van der Waals surface area contributed by atoms with E-state index >= 15 is 0 Å². The molecule has 20 heavy (non-hydrogen) atoms. The van der Waals surface area contributed by atoms with Crippen LogP contribution in [0.5, 0.6) is 0 Å². The van der Waals surface area contributed by atoms with Gasteiger partial charge in [0, 0.05) is 19.0 Å². The molecule has 10 heteroatoms. The Kier molecular flexibility index (Phi) is 3.80. The van der Waals surface area contributed by atoms with Crippen LogP contribution in [0.3, 0.4) is 0 Å². The van der Waals surface area contributed by atoms with E-state index in [1.54, 1.807) is 0 Å². The fourth-order valence-corrected chi connectivity index (χ4v) is 3.62. The van der Waals surface area contributed by atoms with Gasteiger partial charge in [0.05, 0.1) is 5.88 Å². The summed E-state index contributed by atoms with van der Waals surface area (Å²) in [6.07, 6.45) is 1.22. The number of hydrogen-bond acceptors (Lipinski definition) is 5. The highest BCUT2D eigenvalue weighted by atomic mass is 32.2. The van der Waals surface area contributed by atoms with Crippen molar-refractivity contribution in [3.8, 4) is 0 Å². The quantitative estimate of drug-likeness (QED) is 0.757. The molecular weight excluding hydrogens is 306 g/mol. The Hall–Kier alpha value is -1.52. The second-order valence-corrected chi connectivity index (χ2v) is 6.91. The third kappa shape index (κ3) is 2.67. The van der Waals surface area contributed by atoms with E-state index in [2.05, 4.69) is 0 Å². The number of sulfonamides is 1. The van der Waals surface area contributed by atoms with Gasteiger partial charge in [-0.1, -0.05) is 0 Å². The Morgan fingerprint density at radius 1 is 1.50 bits per heavy atom. The predicted molar refractivity (Wildman–Crippen MR) is 71.7 cm³/mol. The van der Waals surface area contributed by atoms with Crippen molar-refractivity contribution in [3.05, 3.63) is 18.0 Å². The van der Waals surface area contributed by atoms with E-state index in [4.69, 9.17) is 10.2 Å². The molecule has 1 unspecified atom stereocenters. The van der Waals surface area contributed by atoms with Gasteiger partial charge in [0.25, 0.3) is 5.91 Å². The summed E-state index contributed by atoms with van der Waals surface area (Å²) in [5.41, 5.74) is 0.0859. The zero-order valence-electron chi connectivity index (χ0n) is 10.5. The predicted octanol–water partition coefficient (Wildman–Crippen LogP) is -0.728. The Bertz CT molecular complexity index is 666. The highest BCUT2D eigenvalue weighted by Gasteiger charge is 2.36. The summed E-state index contributed by atoms with van der Waals surface area (Å²) in [4.78, 5) is 24.4. The number of aromatic nitrogens is 1. The monoisotopic (exact) mass is 319 g/mol. The molecule has 1 fully saturated rings. The van der Waals surface area contributed by atoms with Crippen molar-refractivity contribution in [1.29, 1.82) is 0 Å². The maximum atomic E-state index is 12.3. The molecule has 0 spiro atoms. The summed E-state index contributed by atoms with van der Waals surface area (Å²) in [6, 6.07) is 0.250. The molecule has 1 aromatic rings. The maximum absolute atomic E-state index is 12.3. The van der Waals surface area contributed by atoms with Crippen LogP contribution < -0.4 is 5.14 Å². The summed E-state index contributed by atoms with van der Waals surface area (Å²) >= 11 is 1.33. The summed E-state index contributed by atoms with van der Waals surface area (Å²) < 4.78 is 23.8. The molecule has 0 saturated carbocycles. The molecule has 0 radical (unpaired) electrons. The van der Waals surface area contributed by atoms with Crippen molar-refractivity contribution in [2.24, 2.45) is 12.2 Å². The molecule has 1 aliphatic heterocycles. The summed E-state index contributed by atoms with van der Waals surface area (Å²) in [7, 11) is -2.40. The van der Waals surface area contributed by atoms with Gasteiger partial charge >= 0.3 is 5.97 Å². The number of aryl methyl sites for hydroxylation is 1. The number of carbonyl (C=O) groups is 2. The lowest BCUT2D eigenvalue weighted by atomic mass is 10.2. The molecule has 3 N–H and O–H groups in total. The van der Waals surface area contributed by atoms with Crippen molar-refractivity contribution >= 4 is 33.7 Å². The third-order valence-electron chi connectivity index (χ3n) is 2.96. The molecule has 2 heterocycles. The molecule has 110 valence electrons. The van der Waals surface area contributed by atoms with Crippen LogP contribution in [0.15, 0.2) is 17.2 Å². The highest BCUT2D eigenvalue weighted by molar-refractivity contribution is 7.99. The molecular formula is C10H13N3O5S2. The van der Waals surface area contributed by atoms with E-state index in [1.807, 2.05) is 0 Å². The van der Waals surface area contributed by atoms with Gasteiger partial charge in [-0.3, -0.25) is 4.79 Å². The van der Waals surface area contributed by atoms with E-state index in [-0.39, 0.29) is 16.5 Å². The van der Waals surface area contributed by atoms with Gasteiger partial charge < -0.3 is 14.6 Å². The molecule has 1 aliphatic rings. The van der Waals surface area contributed by atoms with Crippen LogP contribution in [0, 0.1) is 0 Å². The van der Waals surface area contributed by atoms with E-state index in [0.29, 0.717) is 5.75 Å². The van der Waals surface area contributed by atoms with Crippen LogP contribution in [-0.2, 0) is 21.9 Å². The lowest BCUT2D eigenvalue weighted by Gasteiger charge is -2.20. The average molecular weight is 319 g/mol. The number of nitrogens with zero attached hydrogens (tertiary/aromatic N) is 2. The van der Waals surface area contributed by atoms with Gasteiger partial charge in [-0.15, -0.1) is 11.8 Å². The molecule has 1 amide bonds. The standard InChI is InChI=1S/C10H13N3O5S2/c1-12-3-6(20(11,17)18)2-7(12)9(14)13-5-19-4-8(13)10(15)16/h2-3,8H,4-5H2,1H3,(H,15,16)(H2,11,17,18). The molecule has 0 aliphatic carbocycles. The van der Waals surface area contributed by atoms with Crippen LogP contribution in [0.2, 0.25) is 0 Å². The third-order valence-corrected chi connectivity index (χ3v) is 4.85. The minimum atomic E-state index is -3.90. The van der Waals surface area contributed by atoms with Crippen LogP contribution >= 0.6 is 11.8 Å². The highest BCUT2D eigenvalue weighted by Crippen LogP contribution is 2.24. The van der Waals surface area contributed by atoms with Crippen LogP contribution in [-0.4, -0.2) is 52.5 Å². The number of rotatable bonds is 3. The Labute approximate surface area is 119 Å². The first-order valence-corrected chi connectivity index (χ1v) is 8.22. The Morgan fingerprint density at radius 2 is 2.15 bits per heavy atom. The first-order valence-electron chi connectivity index (χ1n) is 5.52. The van der Waals surface area contributed by atoms with Gasteiger partial charge in [-0.2, -0.15) is 0 Å². The van der Waals surface area contributed by atoms with Crippen molar-refractivity contribution < 1.29 is 23.1 Å². The first kappa shape index (κ1) is 14.9. The number of hydrogen-bond donors (Lipinski definition) is 2. The number of aliphatic carboxylic acids is 1. The number of carboxylic acid groups (broad SMARTS) is 1. The number of amides is 1. The van der Waals surface area contributed by atoms with Gasteiger partial charge in [0.1, 0.15) is 16.6 Å². The Morgan fingerprint density at radius 3 is 2.65 bits per heavy atom. The topological polar surface area (TPSA) is 123 Å². The number of thioether (sulfide) groups is 1. The summed E-state index contributed by atoms with van der Waals surface area (Å²) in [5.74, 6) is -1.04. The van der Waals surface area contributed by atoms with Crippen LogP contribution in [0.4, 0.5) is 0 Å². The fourth-order valence-electron chi connectivity index (χ4n) is 1.90. The SMILES string of the molecule is Cn1cc(S(N)(=O)=O)cc1C(=O)N1CSCC1C(=O)O. The number of primary sulfonamides is 1. The van der Waals surface area contributed by atoms with Gasteiger partial charge in [-0.05, 0) is 6.07 Å². The van der Waals surface area contributed by atoms with Crippen molar-refractivity contribution in [2.75, 3.05) is 11.6 Å². The molecule has 0 bridgehead atoms. The normalized spacial score (nSPS) is 19.3. The van der Waals surface area contributed by atoms with E-state index in [1.165, 1.54) is 34.5 Å². The molecule has 2 rings (SSSR count). The molecule has 0 aromatic carbocycles. The van der Waals surface area contributed by atoms with E-state index in [9.17, 15) is 18.0 Å².